The lowest BCUT2D eigenvalue weighted by atomic mass is 9.68. The average Bonchev–Trinajstić information content (AvgIpc) is 2.85. The van der Waals surface area contributed by atoms with Crippen molar-refractivity contribution in [3.63, 3.8) is 0 Å². The van der Waals surface area contributed by atoms with Crippen molar-refractivity contribution in [1.82, 2.24) is 0 Å². The van der Waals surface area contributed by atoms with Crippen LogP contribution in [-0.2, 0) is 19.6 Å². The smallest absolute Gasteiger partial charge is 0.194 e. The lowest BCUT2D eigenvalue weighted by Crippen LogP contribution is -2.39. The van der Waals surface area contributed by atoms with E-state index < -0.39 is 11.2 Å². The standard InChI is InChI=1S/C25H31BrN2O5/c1-6-11-33-23-21(26)13-18(14-22(23)30-3)24(17-28,9-7-8-10-27)19-12-20(29-2)16-25(15-19,31-4)32-5/h12-14,16H,6-9,11,15H2,1-5H3. The molecule has 1 unspecified atom stereocenters. The normalized spacial score (nSPS) is 16.5. The molecule has 7 nitrogen and oxygen atoms in total. The molecule has 33 heavy (non-hydrogen) atoms. The summed E-state index contributed by atoms with van der Waals surface area (Å²) in [6.07, 6.45) is 6.07. The third-order valence-corrected chi connectivity index (χ3v) is 6.38. The Kier molecular flexibility index (Phi) is 9.79. The lowest BCUT2D eigenvalue weighted by Gasteiger charge is -2.38. The molecule has 0 bridgehead atoms. The summed E-state index contributed by atoms with van der Waals surface area (Å²) in [5.74, 6) is 0.577. The number of benzene rings is 1. The summed E-state index contributed by atoms with van der Waals surface area (Å²) in [4.78, 5) is 0. The first-order valence-electron chi connectivity index (χ1n) is 10.8. The molecule has 1 aliphatic carbocycles. The molecule has 0 amide bonds. The zero-order chi connectivity index (χ0) is 24.5. The lowest BCUT2D eigenvalue weighted by molar-refractivity contribution is -0.172. The van der Waals surface area contributed by atoms with Crippen molar-refractivity contribution in [3.05, 3.63) is 45.7 Å². The van der Waals surface area contributed by atoms with Crippen molar-refractivity contribution < 1.29 is 23.7 Å². The number of unbranched alkanes of at least 4 members (excludes halogenated alkanes) is 1. The topological polar surface area (TPSA) is 93.7 Å². The van der Waals surface area contributed by atoms with Gasteiger partial charge in [0.05, 0.1) is 37.4 Å². The van der Waals surface area contributed by atoms with Gasteiger partial charge < -0.3 is 23.7 Å². The van der Waals surface area contributed by atoms with Crippen LogP contribution in [-0.4, -0.2) is 40.8 Å². The molecule has 8 heteroatoms. The molecule has 178 valence electrons. The molecule has 1 aromatic carbocycles. The van der Waals surface area contributed by atoms with Gasteiger partial charge in [-0.2, -0.15) is 10.5 Å². The molecule has 2 rings (SSSR count). The molecular weight excluding hydrogens is 488 g/mol. The van der Waals surface area contributed by atoms with Gasteiger partial charge in [0.15, 0.2) is 17.3 Å². The van der Waals surface area contributed by atoms with Crippen LogP contribution < -0.4 is 9.47 Å². The Labute approximate surface area is 204 Å². The van der Waals surface area contributed by atoms with Gasteiger partial charge in [-0.1, -0.05) is 6.92 Å². The highest BCUT2D eigenvalue weighted by atomic mass is 79.9. The van der Waals surface area contributed by atoms with Gasteiger partial charge in [-0.3, -0.25) is 0 Å². The summed E-state index contributed by atoms with van der Waals surface area (Å²) < 4.78 is 29.1. The first-order chi connectivity index (χ1) is 15.9. The molecule has 0 saturated carbocycles. The maximum atomic E-state index is 10.6. The quantitative estimate of drug-likeness (QED) is 0.264. The molecule has 0 heterocycles. The highest BCUT2D eigenvalue weighted by Gasteiger charge is 2.44. The van der Waals surface area contributed by atoms with Crippen molar-refractivity contribution in [1.29, 1.82) is 10.5 Å². The van der Waals surface area contributed by atoms with Crippen molar-refractivity contribution >= 4 is 15.9 Å². The minimum atomic E-state index is -1.07. The summed E-state index contributed by atoms with van der Waals surface area (Å²) in [6.45, 7) is 2.57. The Hall–Kier alpha value is -2.52. The van der Waals surface area contributed by atoms with Crippen molar-refractivity contribution in [2.24, 2.45) is 0 Å². The largest absolute Gasteiger partial charge is 0.497 e. The molecule has 0 spiro atoms. The van der Waals surface area contributed by atoms with Gasteiger partial charge in [0.25, 0.3) is 0 Å². The van der Waals surface area contributed by atoms with Crippen LogP contribution in [0, 0.1) is 22.7 Å². The van der Waals surface area contributed by atoms with E-state index in [-0.39, 0.29) is 0 Å². The summed E-state index contributed by atoms with van der Waals surface area (Å²) in [5.41, 5.74) is 0.415. The van der Waals surface area contributed by atoms with E-state index in [0.29, 0.717) is 54.0 Å². The Morgan fingerprint density at radius 3 is 2.39 bits per heavy atom. The van der Waals surface area contributed by atoms with Gasteiger partial charge in [0.1, 0.15) is 11.2 Å². The Balaban J connectivity index is 2.72. The van der Waals surface area contributed by atoms with Crippen molar-refractivity contribution in [2.75, 3.05) is 35.0 Å². The maximum absolute atomic E-state index is 10.6. The van der Waals surface area contributed by atoms with E-state index in [0.717, 1.165) is 17.6 Å². The van der Waals surface area contributed by atoms with Gasteiger partial charge in [-0.05, 0) is 64.5 Å². The summed E-state index contributed by atoms with van der Waals surface area (Å²) >= 11 is 3.60. The third kappa shape index (κ3) is 5.70. The molecule has 1 atom stereocenters. The second-order valence-corrected chi connectivity index (χ2v) is 8.54. The number of nitrogens with zero attached hydrogens (tertiary/aromatic N) is 2. The maximum Gasteiger partial charge on any atom is 0.194 e. The average molecular weight is 519 g/mol. The first-order valence-corrected chi connectivity index (χ1v) is 11.6. The second kappa shape index (κ2) is 12.1. The second-order valence-electron chi connectivity index (χ2n) is 7.68. The Morgan fingerprint density at radius 1 is 1.12 bits per heavy atom. The predicted molar refractivity (Wildman–Crippen MR) is 128 cm³/mol. The van der Waals surface area contributed by atoms with Gasteiger partial charge in [-0.25, -0.2) is 0 Å². The van der Waals surface area contributed by atoms with Gasteiger partial charge in [0, 0.05) is 33.1 Å². The summed E-state index contributed by atoms with van der Waals surface area (Å²) in [7, 11) is 6.24. The van der Waals surface area contributed by atoms with Crippen LogP contribution in [0.15, 0.2) is 40.1 Å². The fourth-order valence-corrected chi connectivity index (χ4v) is 4.52. The number of halogens is 1. The van der Waals surface area contributed by atoms with E-state index in [2.05, 4.69) is 28.1 Å². The molecule has 0 N–H and O–H groups in total. The monoisotopic (exact) mass is 518 g/mol. The predicted octanol–water partition coefficient (Wildman–Crippen LogP) is 5.55. The van der Waals surface area contributed by atoms with Crippen LogP contribution in [0.3, 0.4) is 0 Å². The van der Waals surface area contributed by atoms with Crippen LogP contribution in [0.1, 0.15) is 44.6 Å². The summed E-state index contributed by atoms with van der Waals surface area (Å²) in [6, 6.07) is 8.44. The Bertz CT molecular complexity index is 972. The van der Waals surface area contributed by atoms with Crippen LogP contribution in [0.2, 0.25) is 0 Å². The number of nitriles is 2. The fourth-order valence-electron chi connectivity index (χ4n) is 3.96. The molecule has 0 aromatic heterocycles. The van der Waals surface area contributed by atoms with E-state index >= 15 is 0 Å². The van der Waals surface area contributed by atoms with Crippen LogP contribution in [0.25, 0.3) is 0 Å². The molecule has 0 aliphatic heterocycles. The van der Waals surface area contributed by atoms with Crippen molar-refractivity contribution in [2.45, 2.75) is 50.2 Å². The zero-order valence-corrected chi connectivity index (χ0v) is 21.5. The van der Waals surface area contributed by atoms with E-state index in [1.807, 2.05) is 25.1 Å². The van der Waals surface area contributed by atoms with Crippen molar-refractivity contribution in [3.8, 4) is 23.6 Å². The highest BCUT2D eigenvalue weighted by molar-refractivity contribution is 9.10. The first kappa shape index (κ1) is 26.7. The van der Waals surface area contributed by atoms with Gasteiger partial charge >= 0.3 is 0 Å². The van der Waals surface area contributed by atoms with Gasteiger partial charge in [0.2, 0.25) is 0 Å². The summed E-state index contributed by atoms with van der Waals surface area (Å²) in [5, 5.41) is 19.8. The van der Waals surface area contributed by atoms with Crippen LogP contribution >= 0.6 is 15.9 Å². The van der Waals surface area contributed by atoms with E-state index in [1.54, 1.807) is 34.5 Å². The minimum Gasteiger partial charge on any atom is -0.497 e. The molecule has 0 saturated heterocycles. The number of allylic oxidation sites excluding steroid dienone is 1. The fraction of sp³-hybridized carbons (Fsp3) is 0.520. The van der Waals surface area contributed by atoms with Crippen LogP contribution in [0.5, 0.6) is 11.5 Å². The number of hydrogen-bond acceptors (Lipinski definition) is 7. The Morgan fingerprint density at radius 2 is 1.85 bits per heavy atom. The van der Waals surface area contributed by atoms with Gasteiger partial charge in [-0.15, -0.1) is 0 Å². The number of methoxy groups -OCH3 is 4. The molecule has 1 aliphatic rings. The highest BCUT2D eigenvalue weighted by Crippen LogP contribution is 2.48. The molecule has 1 aromatic rings. The SMILES string of the molecule is CCCOc1c(Br)cc(C(C#N)(CCCC#N)C2=CC(OC)=CC(OC)(OC)C2)cc1OC. The molecule has 0 radical (unpaired) electrons. The number of ether oxygens (including phenoxy) is 5. The molecular formula is C25H31BrN2O5. The van der Waals surface area contributed by atoms with E-state index in [4.69, 9.17) is 28.9 Å². The third-order valence-electron chi connectivity index (χ3n) is 5.79. The molecule has 0 fully saturated rings. The van der Waals surface area contributed by atoms with E-state index in [1.165, 1.54) is 0 Å². The van der Waals surface area contributed by atoms with E-state index in [9.17, 15) is 5.26 Å². The number of hydrogen-bond donors (Lipinski definition) is 0. The van der Waals surface area contributed by atoms with Crippen LogP contribution in [0.4, 0.5) is 0 Å². The zero-order valence-electron chi connectivity index (χ0n) is 19.9. The minimum absolute atomic E-state index is 0.320. The number of rotatable bonds is 12.